The number of aliphatic hydroxyl groups excluding tert-OH is 2. The first-order valence-electron chi connectivity index (χ1n) is 11.0. The number of ether oxygens (including phenoxy) is 1. The zero-order valence-electron chi connectivity index (χ0n) is 19.4. The van der Waals surface area contributed by atoms with Gasteiger partial charge in [-0.3, -0.25) is 14.5 Å². The maximum atomic E-state index is 13.2. The molecule has 1 fully saturated rings. The lowest BCUT2D eigenvalue weighted by Gasteiger charge is -2.17. The zero-order valence-corrected chi connectivity index (χ0v) is 19.4. The summed E-state index contributed by atoms with van der Waals surface area (Å²) in [6, 6.07) is 7.55. The average molecular weight is 485 g/mol. The molecule has 3 aromatic rings. The molecule has 0 saturated carbocycles. The lowest BCUT2D eigenvalue weighted by molar-refractivity contribution is -0.0463. The molecule has 1 aliphatic rings. The average Bonchev–Trinajstić information content (AvgIpc) is 3.19. The summed E-state index contributed by atoms with van der Waals surface area (Å²) in [6.07, 6.45) is -1.00. The van der Waals surface area contributed by atoms with Crippen molar-refractivity contribution in [1.82, 2.24) is 24.0 Å². The van der Waals surface area contributed by atoms with E-state index in [4.69, 9.17) is 10.1 Å². The molecule has 3 atom stereocenters. The zero-order chi connectivity index (χ0) is 25.3. The third-order valence-electron chi connectivity index (χ3n) is 5.77. The lowest BCUT2D eigenvalue weighted by atomic mass is 10.2. The first-order valence-corrected chi connectivity index (χ1v) is 11.0. The van der Waals surface area contributed by atoms with Crippen LogP contribution in [0, 0.1) is 5.41 Å². The van der Waals surface area contributed by atoms with Gasteiger partial charge in [-0.1, -0.05) is 0 Å². The highest BCUT2D eigenvalue weighted by molar-refractivity contribution is 5.57. The SMILES string of the molecule is CN(C)Cc1nc(-c2ccc(O)c(Cn3c(=N)ccn([C@H]4C[C@H](O)[C@@H](CO)O4)c3=O)n2)ccc1O. The molecule has 12 heteroatoms. The van der Waals surface area contributed by atoms with E-state index in [1.807, 2.05) is 19.0 Å². The van der Waals surface area contributed by atoms with Crippen molar-refractivity contribution < 1.29 is 25.2 Å². The normalized spacial score (nSPS) is 20.0. The number of nitrogens with zero attached hydrogens (tertiary/aromatic N) is 5. The van der Waals surface area contributed by atoms with E-state index in [0.717, 1.165) is 4.57 Å². The van der Waals surface area contributed by atoms with Crippen LogP contribution >= 0.6 is 0 Å². The molecule has 0 amide bonds. The second-order valence-electron chi connectivity index (χ2n) is 8.65. The fourth-order valence-corrected chi connectivity index (χ4v) is 3.92. The van der Waals surface area contributed by atoms with Crippen LogP contribution in [-0.4, -0.2) is 77.3 Å². The molecule has 5 N–H and O–H groups in total. The Morgan fingerprint density at radius 3 is 2.31 bits per heavy atom. The van der Waals surface area contributed by atoms with E-state index in [9.17, 15) is 25.2 Å². The van der Waals surface area contributed by atoms with Gasteiger partial charge in [0.25, 0.3) is 0 Å². The van der Waals surface area contributed by atoms with Gasteiger partial charge in [0.2, 0.25) is 0 Å². The van der Waals surface area contributed by atoms with Gasteiger partial charge in [0.15, 0.2) is 0 Å². The number of hydrogen-bond acceptors (Lipinski definition) is 10. The first-order chi connectivity index (χ1) is 16.7. The second-order valence-corrected chi connectivity index (χ2v) is 8.65. The molecule has 1 aliphatic heterocycles. The highest BCUT2D eigenvalue weighted by Crippen LogP contribution is 2.27. The Hall–Kier alpha value is -3.58. The van der Waals surface area contributed by atoms with Crippen molar-refractivity contribution in [1.29, 1.82) is 5.41 Å². The summed E-state index contributed by atoms with van der Waals surface area (Å²) < 4.78 is 7.94. The van der Waals surface area contributed by atoms with Gasteiger partial charge in [-0.2, -0.15) is 0 Å². The van der Waals surface area contributed by atoms with Gasteiger partial charge in [-0.05, 0) is 44.4 Å². The summed E-state index contributed by atoms with van der Waals surface area (Å²) in [5.74, 6) is -0.0981. The van der Waals surface area contributed by atoms with Crippen LogP contribution in [0.25, 0.3) is 11.4 Å². The van der Waals surface area contributed by atoms with Gasteiger partial charge < -0.3 is 30.1 Å². The van der Waals surface area contributed by atoms with Crippen LogP contribution in [0.4, 0.5) is 0 Å². The molecule has 0 unspecified atom stereocenters. The molecule has 0 aliphatic carbocycles. The fraction of sp³-hybridized carbons (Fsp3) is 0.391. The summed E-state index contributed by atoms with van der Waals surface area (Å²) >= 11 is 0. The number of aromatic nitrogens is 4. The van der Waals surface area contributed by atoms with Crippen molar-refractivity contribution in [3.05, 3.63) is 63.9 Å². The van der Waals surface area contributed by atoms with E-state index in [1.54, 1.807) is 12.1 Å². The molecular weight excluding hydrogens is 456 g/mol. The van der Waals surface area contributed by atoms with Crippen molar-refractivity contribution >= 4 is 0 Å². The molecule has 4 rings (SSSR count). The van der Waals surface area contributed by atoms with Gasteiger partial charge in [0, 0.05) is 19.2 Å². The van der Waals surface area contributed by atoms with Crippen molar-refractivity contribution in [3.63, 3.8) is 0 Å². The highest BCUT2D eigenvalue weighted by atomic mass is 16.5. The third-order valence-corrected chi connectivity index (χ3v) is 5.77. The molecule has 4 heterocycles. The number of aliphatic hydroxyl groups is 2. The Morgan fingerprint density at radius 1 is 1.09 bits per heavy atom. The third kappa shape index (κ3) is 5.10. The molecule has 0 spiro atoms. The van der Waals surface area contributed by atoms with E-state index in [0.29, 0.717) is 23.6 Å². The Kier molecular flexibility index (Phi) is 6.98. The lowest BCUT2D eigenvalue weighted by Crippen LogP contribution is -2.41. The number of aromatic hydroxyl groups is 2. The van der Waals surface area contributed by atoms with Gasteiger partial charge >= 0.3 is 5.69 Å². The summed E-state index contributed by atoms with van der Waals surface area (Å²) in [4.78, 5) is 24.0. The van der Waals surface area contributed by atoms with Crippen molar-refractivity contribution in [2.75, 3.05) is 20.7 Å². The molecule has 3 aromatic heterocycles. The van der Waals surface area contributed by atoms with Crippen LogP contribution in [0.15, 0.2) is 41.3 Å². The number of hydrogen-bond donors (Lipinski definition) is 5. The Morgan fingerprint density at radius 2 is 1.71 bits per heavy atom. The predicted molar refractivity (Wildman–Crippen MR) is 123 cm³/mol. The van der Waals surface area contributed by atoms with E-state index < -0.39 is 24.1 Å². The van der Waals surface area contributed by atoms with Crippen LogP contribution in [0.5, 0.6) is 11.5 Å². The Balaban J connectivity index is 1.68. The van der Waals surface area contributed by atoms with Crippen LogP contribution in [0.1, 0.15) is 24.0 Å². The van der Waals surface area contributed by atoms with Crippen molar-refractivity contribution in [2.24, 2.45) is 0 Å². The van der Waals surface area contributed by atoms with Gasteiger partial charge in [0.05, 0.1) is 36.3 Å². The molecule has 0 aromatic carbocycles. The molecule has 12 nitrogen and oxygen atoms in total. The van der Waals surface area contributed by atoms with Crippen molar-refractivity contribution in [2.45, 2.75) is 37.9 Å². The molecule has 1 saturated heterocycles. The standard InChI is InChI=1S/C23H28N6O6/c1-27(2)10-15-17(31)5-3-13(25-15)14-4-6-18(32)16(26-14)11-29-21(24)7-8-28(23(29)34)22-9-19(33)20(12-30)35-22/h3-8,19-20,22,24,30-33H,9-12H2,1-2H3/t19-,20+,22+/m0/s1. The van der Waals surface area contributed by atoms with Crippen LogP contribution in [0.3, 0.4) is 0 Å². The van der Waals surface area contributed by atoms with Gasteiger partial charge in [0.1, 0.15) is 35.0 Å². The minimum absolute atomic E-state index is 0.0587. The Labute approximate surface area is 200 Å². The molecular formula is C23H28N6O6. The Bertz CT molecular complexity index is 1340. The summed E-state index contributed by atoms with van der Waals surface area (Å²) in [5, 5.41) is 48.1. The smallest absolute Gasteiger partial charge is 0.332 e. The van der Waals surface area contributed by atoms with E-state index >= 15 is 0 Å². The van der Waals surface area contributed by atoms with E-state index in [1.165, 1.54) is 29.0 Å². The highest BCUT2D eigenvalue weighted by Gasteiger charge is 2.35. The number of nitrogens with one attached hydrogen (secondary N) is 1. The van der Waals surface area contributed by atoms with Gasteiger partial charge in [-0.25, -0.2) is 14.8 Å². The number of pyridine rings is 2. The molecule has 0 bridgehead atoms. The van der Waals surface area contributed by atoms with E-state index in [2.05, 4.69) is 9.97 Å². The fourth-order valence-electron chi connectivity index (χ4n) is 3.92. The van der Waals surface area contributed by atoms with Crippen LogP contribution < -0.4 is 11.2 Å². The first kappa shape index (κ1) is 24.5. The minimum Gasteiger partial charge on any atom is -0.506 e. The summed E-state index contributed by atoms with van der Waals surface area (Å²) in [5.41, 5.74) is 0.834. The summed E-state index contributed by atoms with van der Waals surface area (Å²) in [7, 11) is 3.71. The molecule has 186 valence electrons. The molecule has 35 heavy (non-hydrogen) atoms. The predicted octanol–water partition coefficient (Wildman–Crippen LogP) is -0.252. The van der Waals surface area contributed by atoms with Crippen molar-refractivity contribution in [3.8, 4) is 22.9 Å². The monoisotopic (exact) mass is 484 g/mol. The van der Waals surface area contributed by atoms with E-state index in [-0.39, 0.29) is 42.3 Å². The largest absolute Gasteiger partial charge is 0.506 e. The quantitative estimate of drug-likeness (QED) is 0.303. The second kappa shape index (κ2) is 9.96. The van der Waals surface area contributed by atoms with Crippen LogP contribution in [-0.2, 0) is 17.8 Å². The molecule has 0 radical (unpaired) electrons. The summed E-state index contributed by atoms with van der Waals surface area (Å²) in [6.45, 7) is -0.157. The number of rotatable bonds is 7. The topological polar surface area (TPSA) is 170 Å². The van der Waals surface area contributed by atoms with Crippen LogP contribution in [0.2, 0.25) is 0 Å². The maximum absolute atomic E-state index is 13.2. The van der Waals surface area contributed by atoms with Gasteiger partial charge in [-0.15, -0.1) is 0 Å². The minimum atomic E-state index is -0.918. The maximum Gasteiger partial charge on any atom is 0.332 e.